The Kier molecular flexibility index (Phi) is 5.58. The van der Waals surface area contributed by atoms with Gasteiger partial charge >= 0.3 is 0 Å². The number of nitrogens with two attached hydrogens (primary N) is 1. The summed E-state index contributed by atoms with van der Waals surface area (Å²) < 4.78 is 20.5. The highest BCUT2D eigenvalue weighted by molar-refractivity contribution is 5.98. The first kappa shape index (κ1) is 20.2. The van der Waals surface area contributed by atoms with Gasteiger partial charge in [0.15, 0.2) is 11.5 Å². The van der Waals surface area contributed by atoms with Gasteiger partial charge in [-0.05, 0) is 33.6 Å². The van der Waals surface area contributed by atoms with E-state index in [0.29, 0.717) is 23.4 Å². The summed E-state index contributed by atoms with van der Waals surface area (Å²) in [5.41, 5.74) is 6.35. The molecule has 9 heteroatoms. The van der Waals surface area contributed by atoms with Gasteiger partial charge in [-0.2, -0.15) is 0 Å². The van der Waals surface area contributed by atoms with Crippen LogP contribution in [0.4, 0.5) is 5.82 Å². The molecule has 8 nitrogen and oxygen atoms in total. The zero-order chi connectivity index (χ0) is 19.8. The predicted molar refractivity (Wildman–Crippen MR) is 103 cm³/mol. The molecular formula is C18H28N5O3Si. The van der Waals surface area contributed by atoms with E-state index in [1.807, 2.05) is 25.3 Å². The number of imidazole rings is 1. The van der Waals surface area contributed by atoms with Gasteiger partial charge < -0.3 is 19.6 Å². The highest BCUT2D eigenvalue weighted by Gasteiger charge is 2.50. The standard InChI is InChI=1S/C18H28N5O3Si/c1-6-18(7-2,26-27)14-11(25-17(3,4)5)8-12(24-14)23-10-22-13-15(19)20-9-21-16(13)23/h9-12,14H,6-8H2,1-5H3,(H2,19,20,21)/t11-,12+,14-/m0/s1. The first-order valence-electron chi connectivity index (χ1n) is 9.35. The number of aromatic nitrogens is 4. The Morgan fingerprint density at radius 3 is 2.56 bits per heavy atom. The van der Waals surface area contributed by atoms with Crippen molar-refractivity contribution in [2.75, 3.05) is 5.73 Å². The smallest absolute Gasteiger partial charge is 0.247 e. The van der Waals surface area contributed by atoms with Crippen molar-refractivity contribution in [3.05, 3.63) is 12.7 Å². The molecule has 2 aromatic heterocycles. The lowest BCUT2D eigenvalue weighted by molar-refractivity contribution is -0.159. The molecule has 0 unspecified atom stereocenters. The van der Waals surface area contributed by atoms with E-state index in [9.17, 15) is 0 Å². The summed E-state index contributed by atoms with van der Waals surface area (Å²) in [6.45, 7) is 10.3. The lowest BCUT2D eigenvalue weighted by Crippen LogP contribution is -2.50. The van der Waals surface area contributed by atoms with E-state index in [1.54, 1.807) is 6.33 Å². The Labute approximate surface area is 163 Å². The Morgan fingerprint density at radius 2 is 1.96 bits per heavy atom. The van der Waals surface area contributed by atoms with Crippen molar-refractivity contribution < 1.29 is 13.9 Å². The quantitative estimate of drug-likeness (QED) is 0.757. The molecule has 1 aliphatic rings. The van der Waals surface area contributed by atoms with E-state index < -0.39 is 5.60 Å². The number of nitrogens with zero attached hydrogens (tertiary/aromatic N) is 4. The van der Waals surface area contributed by atoms with Gasteiger partial charge in [0.25, 0.3) is 0 Å². The molecule has 2 N–H and O–H groups in total. The summed E-state index contributed by atoms with van der Waals surface area (Å²) >= 11 is 0. The first-order chi connectivity index (χ1) is 12.7. The molecule has 1 aliphatic heterocycles. The van der Waals surface area contributed by atoms with Crippen molar-refractivity contribution in [2.45, 2.75) is 83.5 Å². The fourth-order valence-electron chi connectivity index (χ4n) is 3.78. The Hall–Kier alpha value is -1.55. The van der Waals surface area contributed by atoms with Crippen molar-refractivity contribution in [1.82, 2.24) is 19.5 Å². The van der Waals surface area contributed by atoms with Crippen LogP contribution in [-0.4, -0.2) is 53.4 Å². The minimum absolute atomic E-state index is 0.136. The van der Waals surface area contributed by atoms with Crippen molar-refractivity contribution in [1.29, 1.82) is 0 Å². The van der Waals surface area contributed by atoms with E-state index in [4.69, 9.17) is 19.6 Å². The van der Waals surface area contributed by atoms with Crippen LogP contribution in [0.1, 0.15) is 60.1 Å². The number of fused-ring (bicyclic) bond motifs is 1. The summed E-state index contributed by atoms with van der Waals surface area (Å²) in [5, 5.41) is 0. The fourth-order valence-corrected chi connectivity index (χ4v) is 4.18. The van der Waals surface area contributed by atoms with Gasteiger partial charge in [-0.25, -0.2) is 15.0 Å². The average molecular weight is 391 g/mol. The maximum atomic E-state index is 6.49. The van der Waals surface area contributed by atoms with Crippen LogP contribution in [0.3, 0.4) is 0 Å². The van der Waals surface area contributed by atoms with Crippen LogP contribution in [0.15, 0.2) is 12.7 Å². The van der Waals surface area contributed by atoms with Crippen molar-refractivity contribution >= 4 is 27.5 Å². The van der Waals surface area contributed by atoms with Gasteiger partial charge in [0.1, 0.15) is 24.2 Å². The third-order valence-corrected chi connectivity index (χ3v) is 5.60. The number of nitrogen functional groups attached to an aromatic ring is 1. The van der Waals surface area contributed by atoms with Crippen molar-refractivity contribution in [3.8, 4) is 0 Å². The Morgan fingerprint density at radius 1 is 1.26 bits per heavy atom. The molecule has 0 amide bonds. The van der Waals surface area contributed by atoms with Gasteiger partial charge in [0.05, 0.1) is 23.6 Å². The Balaban J connectivity index is 1.98. The molecule has 0 saturated carbocycles. The van der Waals surface area contributed by atoms with Gasteiger partial charge in [-0.1, -0.05) is 13.8 Å². The van der Waals surface area contributed by atoms with E-state index in [1.165, 1.54) is 6.33 Å². The topological polar surface area (TPSA) is 97.3 Å². The fraction of sp³-hybridized carbons (Fsp3) is 0.722. The highest BCUT2D eigenvalue weighted by Crippen LogP contribution is 2.42. The number of rotatable bonds is 6. The molecule has 0 spiro atoms. The molecule has 3 heterocycles. The predicted octanol–water partition coefficient (Wildman–Crippen LogP) is 2.54. The SMILES string of the molecule is CCC(CC)(O[Si])[C@H]1O[C@@H](n2cnc3c(N)ncnc32)C[C@@H]1OC(C)(C)C. The van der Waals surface area contributed by atoms with E-state index >= 15 is 0 Å². The third kappa shape index (κ3) is 3.73. The van der Waals surface area contributed by atoms with Crippen LogP contribution >= 0.6 is 0 Å². The molecule has 0 bridgehead atoms. The minimum atomic E-state index is -0.494. The second kappa shape index (κ2) is 7.46. The van der Waals surface area contributed by atoms with Crippen LogP contribution < -0.4 is 5.73 Å². The van der Waals surface area contributed by atoms with Crippen LogP contribution in [0.25, 0.3) is 11.2 Å². The van der Waals surface area contributed by atoms with Gasteiger partial charge in [-0.3, -0.25) is 4.57 Å². The third-order valence-electron chi connectivity index (χ3n) is 5.20. The molecule has 147 valence electrons. The van der Waals surface area contributed by atoms with Gasteiger partial charge in [-0.15, -0.1) is 0 Å². The van der Waals surface area contributed by atoms with Gasteiger partial charge in [0, 0.05) is 6.42 Å². The van der Waals surface area contributed by atoms with Crippen LogP contribution in [0.2, 0.25) is 0 Å². The summed E-state index contributed by atoms with van der Waals surface area (Å²) in [6.07, 6.45) is 4.71. The maximum Gasteiger partial charge on any atom is 0.247 e. The van der Waals surface area contributed by atoms with Gasteiger partial charge in [0.2, 0.25) is 10.5 Å². The van der Waals surface area contributed by atoms with Crippen LogP contribution in [-0.2, 0) is 13.9 Å². The summed E-state index contributed by atoms with van der Waals surface area (Å²) in [7, 11) is 3.29. The second-order valence-electron chi connectivity index (χ2n) is 7.97. The first-order valence-corrected chi connectivity index (χ1v) is 9.76. The summed E-state index contributed by atoms with van der Waals surface area (Å²) in [6, 6.07) is 0. The Bertz CT molecular complexity index is 779. The zero-order valence-corrected chi connectivity index (χ0v) is 17.6. The molecular weight excluding hydrogens is 362 g/mol. The number of anilines is 1. The van der Waals surface area contributed by atoms with Crippen molar-refractivity contribution in [2.24, 2.45) is 0 Å². The van der Waals surface area contributed by atoms with E-state index in [-0.39, 0.29) is 24.0 Å². The van der Waals surface area contributed by atoms with Crippen LogP contribution in [0, 0.1) is 0 Å². The summed E-state index contributed by atoms with van der Waals surface area (Å²) in [5.74, 6) is 0.357. The minimum Gasteiger partial charge on any atom is -0.410 e. The van der Waals surface area contributed by atoms with E-state index in [2.05, 4.69) is 39.3 Å². The second-order valence-corrected chi connectivity index (χ2v) is 8.18. The lowest BCUT2D eigenvalue weighted by atomic mass is 9.87. The highest BCUT2D eigenvalue weighted by atomic mass is 28.2. The average Bonchev–Trinajstić information content (AvgIpc) is 3.21. The molecule has 3 rings (SSSR count). The molecule has 2 aromatic rings. The number of hydrogen-bond acceptors (Lipinski definition) is 7. The molecule has 0 aromatic carbocycles. The van der Waals surface area contributed by atoms with Crippen LogP contribution in [0.5, 0.6) is 0 Å². The monoisotopic (exact) mass is 390 g/mol. The van der Waals surface area contributed by atoms with E-state index in [0.717, 1.165) is 12.8 Å². The molecule has 1 saturated heterocycles. The largest absolute Gasteiger partial charge is 0.410 e. The zero-order valence-electron chi connectivity index (χ0n) is 16.6. The number of hydrogen-bond donors (Lipinski definition) is 1. The lowest BCUT2D eigenvalue weighted by Gasteiger charge is -2.40. The molecule has 0 aliphatic carbocycles. The maximum absolute atomic E-state index is 6.49. The molecule has 1 fully saturated rings. The number of ether oxygens (including phenoxy) is 2. The normalized spacial score (nSPS) is 24.0. The van der Waals surface area contributed by atoms with Crippen molar-refractivity contribution in [3.63, 3.8) is 0 Å². The summed E-state index contributed by atoms with van der Waals surface area (Å²) in [4.78, 5) is 12.7. The molecule has 3 radical (unpaired) electrons. The molecule has 27 heavy (non-hydrogen) atoms. The molecule has 3 atom stereocenters.